The van der Waals surface area contributed by atoms with Crippen molar-refractivity contribution in [1.82, 2.24) is 10.2 Å². The summed E-state index contributed by atoms with van der Waals surface area (Å²) in [4.78, 5) is 13.9. The molecule has 1 amide bonds. The Balaban J connectivity index is 0.00000180. The molecular weight excluding hydrogens is 335 g/mol. The van der Waals surface area contributed by atoms with Crippen molar-refractivity contribution in [3.05, 3.63) is 34.1 Å². The summed E-state index contributed by atoms with van der Waals surface area (Å²) in [6.45, 7) is 4.32. The molecule has 0 aliphatic carbocycles. The smallest absolute Gasteiger partial charge is 0.227 e. The minimum Gasteiger partial charge on any atom is -0.340 e. The minimum atomic E-state index is -0.325. The van der Waals surface area contributed by atoms with Crippen LogP contribution in [0.1, 0.15) is 12.5 Å². The van der Waals surface area contributed by atoms with Crippen LogP contribution in [0.2, 0.25) is 0 Å². The lowest BCUT2D eigenvalue weighted by atomic mass is 10.1. The molecule has 1 aromatic carbocycles. The minimum absolute atomic E-state index is 0. The second-order valence-corrected chi connectivity index (χ2v) is 5.47. The van der Waals surface area contributed by atoms with Crippen LogP contribution in [-0.2, 0) is 11.2 Å². The zero-order chi connectivity index (χ0) is 13.1. The van der Waals surface area contributed by atoms with Crippen LogP contribution in [0.3, 0.4) is 0 Å². The second-order valence-electron chi connectivity index (χ2n) is 4.62. The summed E-state index contributed by atoms with van der Waals surface area (Å²) in [5.74, 6) is -0.265. The number of halogens is 3. The van der Waals surface area contributed by atoms with Gasteiger partial charge in [-0.2, -0.15) is 0 Å². The summed E-state index contributed by atoms with van der Waals surface area (Å²) in [5.41, 5.74) is 0.715. The van der Waals surface area contributed by atoms with Crippen molar-refractivity contribution in [2.75, 3.05) is 19.6 Å². The van der Waals surface area contributed by atoms with Gasteiger partial charge in [0, 0.05) is 25.7 Å². The third kappa shape index (κ3) is 4.44. The van der Waals surface area contributed by atoms with E-state index in [0.717, 1.165) is 19.6 Å². The first-order valence-electron chi connectivity index (χ1n) is 6.01. The van der Waals surface area contributed by atoms with Gasteiger partial charge in [-0.15, -0.1) is 12.4 Å². The van der Waals surface area contributed by atoms with Crippen LogP contribution < -0.4 is 5.32 Å². The van der Waals surface area contributed by atoms with Gasteiger partial charge in [-0.3, -0.25) is 4.79 Å². The van der Waals surface area contributed by atoms with Gasteiger partial charge < -0.3 is 10.2 Å². The highest BCUT2D eigenvalue weighted by molar-refractivity contribution is 9.10. The third-order valence-corrected chi connectivity index (χ3v) is 3.70. The van der Waals surface area contributed by atoms with E-state index in [-0.39, 0.29) is 30.6 Å². The molecule has 1 heterocycles. The maximum atomic E-state index is 13.4. The average Bonchev–Trinajstić information content (AvgIpc) is 2.34. The van der Waals surface area contributed by atoms with Crippen molar-refractivity contribution in [2.45, 2.75) is 19.4 Å². The molecule has 19 heavy (non-hydrogen) atoms. The van der Waals surface area contributed by atoms with Crippen LogP contribution in [0.25, 0.3) is 0 Å². The molecule has 1 atom stereocenters. The first-order valence-corrected chi connectivity index (χ1v) is 6.80. The molecule has 1 aliphatic heterocycles. The van der Waals surface area contributed by atoms with E-state index < -0.39 is 0 Å². The lowest BCUT2D eigenvalue weighted by molar-refractivity contribution is -0.131. The van der Waals surface area contributed by atoms with Crippen molar-refractivity contribution < 1.29 is 9.18 Å². The molecule has 2 rings (SSSR count). The molecule has 1 saturated heterocycles. The fourth-order valence-electron chi connectivity index (χ4n) is 2.09. The first-order chi connectivity index (χ1) is 8.56. The highest BCUT2D eigenvalue weighted by Gasteiger charge is 2.20. The van der Waals surface area contributed by atoms with E-state index in [9.17, 15) is 9.18 Å². The van der Waals surface area contributed by atoms with Crippen molar-refractivity contribution in [3.8, 4) is 0 Å². The molecule has 0 radical (unpaired) electrons. The molecule has 1 aliphatic rings. The number of rotatable bonds is 2. The number of carbonyl (C=O) groups is 1. The third-order valence-electron chi connectivity index (χ3n) is 3.06. The predicted octanol–water partition coefficient (Wildman–Crippen LogP) is 2.37. The topological polar surface area (TPSA) is 32.3 Å². The summed E-state index contributed by atoms with van der Waals surface area (Å²) < 4.78 is 13.8. The molecular formula is C13H17BrClFN2O. The van der Waals surface area contributed by atoms with Gasteiger partial charge in [0.25, 0.3) is 0 Å². The SMILES string of the molecule is CC1CN(C(=O)Cc2ccc(Br)c(F)c2)CCN1.Cl. The van der Waals surface area contributed by atoms with Gasteiger partial charge in [0.05, 0.1) is 10.9 Å². The fraction of sp³-hybridized carbons (Fsp3) is 0.462. The van der Waals surface area contributed by atoms with Crippen molar-refractivity contribution in [3.63, 3.8) is 0 Å². The Morgan fingerprint density at radius 2 is 2.32 bits per heavy atom. The molecule has 0 spiro atoms. The highest BCUT2D eigenvalue weighted by Crippen LogP contribution is 2.17. The number of amides is 1. The zero-order valence-corrected chi connectivity index (χ0v) is 13.1. The Hall–Kier alpha value is -0.650. The van der Waals surface area contributed by atoms with Gasteiger partial charge >= 0.3 is 0 Å². The largest absolute Gasteiger partial charge is 0.340 e. The second kappa shape index (κ2) is 7.22. The van der Waals surface area contributed by atoms with Gasteiger partial charge in [-0.25, -0.2) is 4.39 Å². The Kier molecular flexibility index (Phi) is 6.23. The molecule has 106 valence electrons. The van der Waals surface area contributed by atoms with Crippen LogP contribution in [0.5, 0.6) is 0 Å². The molecule has 1 aromatic rings. The van der Waals surface area contributed by atoms with E-state index in [1.165, 1.54) is 6.07 Å². The Morgan fingerprint density at radius 1 is 1.58 bits per heavy atom. The monoisotopic (exact) mass is 350 g/mol. The molecule has 3 nitrogen and oxygen atoms in total. The molecule has 6 heteroatoms. The lowest BCUT2D eigenvalue weighted by Crippen LogP contribution is -2.51. The van der Waals surface area contributed by atoms with E-state index in [1.54, 1.807) is 12.1 Å². The Morgan fingerprint density at radius 3 is 2.95 bits per heavy atom. The van der Waals surface area contributed by atoms with Gasteiger partial charge in [0.1, 0.15) is 5.82 Å². The van der Waals surface area contributed by atoms with E-state index in [1.807, 2.05) is 4.90 Å². The van der Waals surface area contributed by atoms with E-state index in [0.29, 0.717) is 16.1 Å². The number of benzene rings is 1. The van der Waals surface area contributed by atoms with Crippen molar-refractivity contribution in [2.24, 2.45) is 0 Å². The maximum absolute atomic E-state index is 13.4. The van der Waals surface area contributed by atoms with Crippen molar-refractivity contribution in [1.29, 1.82) is 0 Å². The lowest BCUT2D eigenvalue weighted by Gasteiger charge is -2.32. The number of nitrogens with one attached hydrogen (secondary N) is 1. The number of hydrogen-bond acceptors (Lipinski definition) is 2. The predicted molar refractivity (Wildman–Crippen MR) is 79.1 cm³/mol. The van der Waals surface area contributed by atoms with Crippen LogP contribution >= 0.6 is 28.3 Å². The van der Waals surface area contributed by atoms with E-state index in [4.69, 9.17) is 0 Å². The average molecular weight is 352 g/mol. The standard InChI is InChI=1S/C13H16BrFN2O.ClH/c1-9-8-17(5-4-16-9)13(18)7-10-2-3-11(14)12(15)6-10;/h2-3,6,9,16H,4-5,7-8H2,1H3;1H. The number of nitrogens with zero attached hydrogens (tertiary/aromatic N) is 1. The summed E-state index contributed by atoms with van der Waals surface area (Å²) in [6, 6.07) is 5.15. The number of hydrogen-bond donors (Lipinski definition) is 1. The van der Waals surface area contributed by atoms with E-state index in [2.05, 4.69) is 28.2 Å². The number of piperazine rings is 1. The van der Waals surface area contributed by atoms with Gasteiger partial charge in [-0.05, 0) is 40.5 Å². The van der Waals surface area contributed by atoms with Crippen LogP contribution in [0.15, 0.2) is 22.7 Å². The molecule has 0 saturated carbocycles. The number of carbonyl (C=O) groups excluding carboxylic acids is 1. The highest BCUT2D eigenvalue weighted by atomic mass is 79.9. The molecule has 1 fully saturated rings. The quantitative estimate of drug-likeness (QED) is 0.887. The maximum Gasteiger partial charge on any atom is 0.227 e. The Bertz CT molecular complexity index is 458. The summed E-state index contributed by atoms with van der Waals surface area (Å²) >= 11 is 3.10. The summed E-state index contributed by atoms with van der Waals surface area (Å²) in [6.07, 6.45) is 0.261. The fourth-order valence-corrected chi connectivity index (χ4v) is 2.34. The van der Waals surface area contributed by atoms with Crippen LogP contribution in [-0.4, -0.2) is 36.5 Å². The van der Waals surface area contributed by atoms with Crippen LogP contribution in [0, 0.1) is 5.82 Å². The van der Waals surface area contributed by atoms with E-state index >= 15 is 0 Å². The van der Waals surface area contributed by atoms with Gasteiger partial charge in [-0.1, -0.05) is 6.07 Å². The van der Waals surface area contributed by atoms with Gasteiger partial charge in [0.2, 0.25) is 5.91 Å². The Labute approximate surface area is 127 Å². The summed E-state index contributed by atoms with van der Waals surface area (Å²) in [5, 5.41) is 3.29. The zero-order valence-electron chi connectivity index (χ0n) is 10.7. The first kappa shape index (κ1) is 16.4. The van der Waals surface area contributed by atoms with Gasteiger partial charge in [0.15, 0.2) is 0 Å². The van der Waals surface area contributed by atoms with Crippen molar-refractivity contribution >= 4 is 34.2 Å². The molecule has 0 bridgehead atoms. The molecule has 1 unspecified atom stereocenters. The summed E-state index contributed by atoms with van der Waals surface area (Å²) in [7, 11) is 0. The molecule has 0 aromatic heterocycles. The van der Waals surface area contributed by atoms with Crippen LogP contribution in [0.4, 0.5) is 4.39 Å². The molecule has 1 N–H and O–H groups in total. The normalized spacial score (nSPS) is 18.9.